The number of carbonyl (C=O) groups is 2. The largest absolute Gasteiger partial charge is 0.493 e. The number of nitrogens with one attached hydrogen (secondary N) is 1. The molecule has 0 unspecified atom stereocenters. The first kappa shape index (κ1) is 19.1. The van der Waals surface area contributed by atoms with Crippen LogP contribution >= 0.6 is 0 Å². The van der Waals surface area contributed by atoms with Crippen LogP contribution in [0, 0.1) is 5.82 Å². The zero-order chi connectivity index (χ0) is 20.1. The van der Waals surface area contributed by atoms with Gasteiger partial charge in [0.15, 0.2) is 11.9 Å². The van der Waals surface area contributed by atoms with Crippen molar-refractivity contribution < 1.29 is 23.5 Å². The molecule has 3 rings (SSSR count). The summed E-state index contributed by atoms with van der Waals surface area (Å²) in [5.74, 6) is -1.55. The summed E-state index contributed by atoms with van der Waals surface area (Å²) in [7, 11) is 1.41. The molecular weight excluding hydrogens is 365 g/mol. The molecule has 1 atom stereocenters. The van der Waals surface area contributed by atoms with Crippen molar-refractivity contribution in [2.45, 2.75) is 13.0 Å². The summed E-state index contributed by atoms with van der Waals surface area (Å²) in [6, 6.07) is 14.4. The number of hydrogen-bond acceptors (Lipinski definition) is 5. The van der Waals surface area contributed by atoms with Gasteiger partial charge in [0.05, 0.1) is 19.0 Å². The van der Waals surface area contributed by atoms with Crippen LogP contribution in [0.3, 0.4) is 0 Å². The van der Waals surface area contributed by atoms with Gasteiger partial charge in [-0.1, -0.05) is 18.2 Å². The van der Waals surface area contributed by atoms with E-state index in [1.165, 1.54) is 43.0 Å². The Morgan fingerprint density at radius 3 is 2.43 bits per heavy atom. The Morgan fingerprint density at radius 1 is 1.11 bits per heavy atom. The van der Waals surface area contributed by atoms with E-state index in [0.29, 0.717) is 5.69 Å². The molecule has 1 aromatic heterocycles. The van der Waals surface area contributed by atoms with Gasteiger partial charge in [-0.15, -0.1) is 0 Å². The number of nitrogens with zero attached hydrogens (tertiary/aromatic N) is 2. The number of amides is 1. The lowest BCUT2D eigenvalue weighted by molar-refractivity contribution is -0.123. The fourth-order valence-electron chi connectivity index (χ4n) is 2.41. The van der Waals surface area contributed by atoms with Crippen LogP contribution in [-0.4, -0.2) is 34.9 Å². The zero-order valence-corrected chi connectivity index (χ0v) is 15.3. The van der Waals surface area contributed by atoms with Gasteiger partial charge in [-0.2, -0.15) is 5.10 Å². The van der Waals surface area contributed by atoms with E-state index in [4.69, 9.17) is 9.47 Å². The Balaban J connectivity index is 1.70. The highest BCUT2D eigenvalue weighted by Crippen LogP contribution is 2.21. The molecule has 0 bridgehead atoms. The van der Waals surface area contributed by atoms with Crippen LogP contribution in [0.25, 0.3) is 5.69 Å². The van der Waals surface area contributed by atoms with Gasteiger partial charge in [0, 0.05) is 5.69 Å². The van der Waals surface area contributed by atoms with Gasteiger partial charge in [-0.05, 0) is 43.3 Å². The molecule has 0 radical (unpaired) electrons. The Labute approximate surface area is 160 Å². The summed E-state index contributed by atoms with van der Waals surface area (Å²) < 4.78 is 24.8. The van der Waals surface area contributed by atoms with E-state index in [0.717, 1.165) is 5.69 Å². The van der Waals surface area contributed by atoms with Crippen molar-refractivity contribution in [1.82, 2.24) is 9.78 Å². The molecule has 0 aliphatic heterocycles. The monoisotopic (exact) mass is 383 g/mol. The van der Waals surface area contributed by atoms with Gasteiger partial charge in [0.1, 0.15) is 5.82 Å². The van der Waals surface area contributed by atoms with Gasteiger partial charge >= 0.3 is 5.97 Å². The number of benzene rings is 2. The van der Waals surface area contributed by atoms with Gasteiger partial charge in [-0.25, -0.2) is 13.9 Å². The number of esters is 1. The third-order valence-corrected chi connectivity index (χ3v) is 3.88. The number of aromatic nitrogens is 2. The Morgan fingerprint density at radius 2 is 1.79 bits per heavy atom. The first-order valence-corrected chi connectivity index (χ1v) is 8.44. The minimum absolute atomic E-state index is 0.0483. The second-order valence-corrected chi connectivity index (χ2v) is 5.87. The van der Waals surface area contributed by atoms with Crippen LogP contribution in [0.4, 0.5) is 10.1 Å². The normalized spacial score (nSPS) is 11.5. The molecule has 0 saturated carbocycles. The molecule has 0 aliphatic rings. The van der Waals surface area contributed by atoms with Gasteiger partial charge in [0.25, 0.3) is 5.91 Å². The van der Waals surface area contributed by atoms with Crippen LogP contribution < -0.4 is 10.1 Å². The molecular formula is C20H18FN3O4. The standard InChI is InChI=1S/C20H18FN3O4/c1-13(19(25)22-15-10-8-14(21)9-11-15)28-20(26)18-17(27-2)12-24(23-18)16-6-4-3-5-7-16/h3-13H,1-2H3,(H,22,25)/t13-/m0/s1. The van der Waals surface area contributed by atoms with E-state index < -0.39 is 23.8 Å². The van der Waals surface area contributed by atoms with Gasteiger partial charge in [0.2, 0.25) is 5.69 Å². The fraction of sp³-hybridized carbons (Fsp3) is 0.150. The van der Waals surface area contributed by atoms with Crippen LogP contribution in [0.1, 0.15) is 17.4 Å². The predicted octanol–water partition coefficient (Wildman–Crippen LogP) is 3.20. The quantitative estimate of drug-likeness (QED) is 0.661. The Kier molecular flexibility index (Phi) is 5.69. The van der Waals surface area contributed by atoms with Crippen molar-refractivity contribution in [2.75, 3.05) is 12.4 Å². The number of carbonyl (C=O) groups excluding carboxylic acids is 2. The van der Waals surface area contributed by atoms with E-state index in [1.54, 1.807) is 6.20 Å². The molecule has 1 N–H and O–H groups in total. The van der Waals surface area contributed by atoms with E-state index in [1.807, 2.05) is 30.3 Å². The van der Waals surface area contributed by atoms with Crippen molar-refractivity contribution in [3.05, 3.63) is 72.3 Å². The molecule has 1 amide bonds. The lowest BCUT2D eigenvalue weighted by Crippen LogP contribution is -2.30. The lowest BCUT2D eigenvalue weighted by atomic mass is 10.3. The summed E-state index contributed by atoms with van der Waals surface area (Å²) >= 11 is 0. The van der Waals surface area contributed by atoms with Crippen LogP contribution in [0.15, 0.2) is 60.8 Å². The average molecular weight is 383 g/mol. The summed E-state index contributed by atoms with van der Waals surface area (Å²) in [5.41, 5.74) is 1.08. The molecule has 144 valence electrons. The first-order valence-electron chi connectivity index (χ1n) is 8.44. The molecule has 0 saturated heterocycles. The molecule has 8 heteroatoms. The van der Waals surface area contributed by atoms with E-state index in [9.17, 15) is 14.0 Å². The van der Waals surface area contributed by atoms with E-state index >= 15 is 0 Å². The summed E-state index contributed by atoms with van der Waals surface area (Å²) in [4.78, 5) is 24.7. The molecule has 2 aromatic carbocycles. The number of para-hydroxylation sites is 1. The van der Waals surface area contributed by atoms with E-state index in [2.05, 4.69) is 10.4 Å². The molecule has 0 fully saturated rings. The molecule has 0 spiro atoms. The number of methoxy groups -OCH3 is 1. The fourth-order valence-corrected chi connectivity index (χ4v) is 2.41. The molecule has 1 heterocycles. The molecule has 7 nitrogen and oxygen atoms in total. The highest BCUT2D eigenvalue weighted by molar-refractivity contribution is 5.97. The second kappa shape index (κ2) is 8.34. The highest BCUT2D eigenvalue weighted by atomic mass is 19.1. The van der Waals surface area contributed by atoms with Crippen LogP contribution in [0.5, 0.6) is 5.75 Å². The summed E-state index contributed by atoms with van der Waals surface area (Å²) in [6.45, 7) is 1.43. The second-order valence-electron chi connectivity index (χ2n) is 5.87. The molecule has 3 aromatic rings. The van der Waals surface area contributed by atoms with Crippen molar-refractivity contribution in [3.8, 4) is 11.4 Å². The number of rotatable bonds is 6. The van der Waals surface area contributed by atoms with Crippen molar-refractivity contribution in [2.24, 2.45) is 0 Å². The SMILES string of the molecule is COc1cn(-c2ccccc2)nc1C(=O)O[C@@H](C)C(=O)Nc1ccc(F)cc1. The number of ether oxygens (including phenoxy) is 2. The minimum Gasteiger partial charge on any atom is -0.493 e. The maximum absolute atomic E-state index is 12.9. The van der Waals surface area contributed by atoms with Crippen molar-refractivity contribution in [3.63, 3.8) is 0 Å². The smallest absolute Gasteiger partial charge is 0.363 e. The first-order chi connectivity index (χ1) is 13.5. The maximum atomic E-state index is 12.9. The number of hydrogen-bond donors (Lipinski definition) is 1. The third kappa shape index (κ3) is 4.35. The Bertz CT molecular complexity index is 971. The molecule has 28 heavy (non-hydrogen) atoms. The summed E-state index contributed by atoms with van der Waals surface area (Å²) in [6.07, 6.45) is 0.457. The van der Waals surface area contributed by atoms with Gasteiger partial charge in [-0.3, -0.25) is 4.79 Å². The summed E-state index contributed by atoms with van der Waals surface area (Å²) in [5, 5.41) is 6.75. The van der Waals surface area contributed by atoms with Crippen LogP contribution in [0.2, 0.25) is 0 Å². The zero-order valence-electron chi connectivity index (χ0n) is 15.3. The lowest BCUT2D eigenvalue weighted by Gasteiger charge is -2.13. The number of halogens is 1. The predicted molar refractivity (Wildman–Crippen MR) is 100 cm³/mol. The average Bonchev–Trinajstić information content (AvgIpc) is 3.15. The number of anilines is 1. The third-order valence-electron chi connectivity index (χ3n) is 3.88. The maximum Gasteiger partial charge on any atom is 0.363 e. The van der Waals surface area contributed by atoms with Crippen molar-refractivity contribution in [1.29, 1.82) is 0 Å². The molecule has 0 aliphatic carbocycles. The minimum atomic E-state index is -1.09. The van der Waals surface area contributed by atoms with Gasteiger partial charge < -0.3 is 14.8 Å². The Hall–Kier alpha value is -3.68. The highest BCUT2D eigenvalue weighted by Gasteiger charge is 2.25. The van der Waals surface area contributed by atoms with E-state index in [-0.39, 0.29) is 11.4 Å². The van der Waals surface area contributed by atoms with Crippen molar-refractivity contribution >= 4 is 17.6 Å². The topological polar surface area (TPSA) is 82.5 Å². The van der Waals surface area contributed by atoms with Crippen LogP contribution in [-0.2, 0) is 9.53 Å².